The number of aryl methyl sites for hydroxylation is 4. The van der Waals surface area contributed by atoms with Gasteiger partial charge in [0, 0.05) is 17.1 Å². The third kappa shape index (κ3) is 4.28. The first-order chi connectivity index (χ1) is 17.2. The summed E-state index contributed by atoms with van der Waals surface area (Å²) in [6, 6.07) is 16.2. The molecule has 5 rings (SSSR count). The summed E-state index contributed by atoms with van der Waals surface area (Å²) in [5.74, 6) is 0.351. The van der Waals surface area contributed by atoms with Crippen molar-refractivity contribution in [3.05, 3.63) is 87.7 Å². The largest absolute Gasteiger partial charge is 0.486 e. The Bertz CT molecular complexity index is 1510. The fourth-order valence-electron chi connectivity index (χ4n) is 4.46. The van der Waals surface area contributed by atoms with Gasteiger partial charge < -0.3 is 9.30 Å². The standard InChI is InChI=1S/C28H27N5O2S/c1-16-10-11-23(18(3)12-16)32-19(4)13-21(20(32)5)14-22-26(29)33-28(30-27(22)34)36-25(31-33)15-35-24-9-7-6-8-17(24)2/h6-14,29H,15H2,1-5H3/b22-14-,29-26?. The van der Waals surface area contributed by atoms with E-state index in [1.165, 1.54) is 27.9 Å². The number of nitrogens with zero attached hydrogens (tertiary/aromatic N) is 4. The lowest BCUT2D eigenvalue weighted by molar-refractivity contribution is -0.114. The summed E-state index contributed by atoms with van der Waals surface area (Å²) < 4.78 is 8.07. The molecule has 2 aliphatic heterocycles. The number of rotatable bonds is 5. The van der Waals surface area contributed by atoms with E-state index in [-0.39, 0.29) is 18.0 Å². The Labute approximate surface area is 214 Å². The van der Waals surface area contributed by atoms with Crippen LogP contribution in [0.3, 0.4) is 0 Å². The van der Waals surface area contributed by atoms with Crippen LogP contribution in [-0.4, -0.2) is 38.1 Å². The minimum absolute atomic E-state index is 0.0136. The fourth-order valence-corrected chi connectivity index (χ4v) is 5.26. The van der Waals surface area contributed by atoms with E-state index >= 15 is 0 Å². The van der Waals surface area contributed by atoms with E-state index in [0.29, 0.717) is 10.2 Å². The first-order valence-corrected chi connectivity index (χ1v) is 12.5. The first-order valence-electron chi connectivity index (χ1n) is 11.7. The van der Waals surface area contributed by atoms with E-state index in [1.54, 1.807) is 6.08 Å². The highest BCUT2D eigenvalue weighted by molar-refractivity contribution is 8.27. The van der Waals surface area contributed by atoms with Crippen LogP contribution in [0, 0.1) is 40.0 Å². The Morgan fingerprint density at radius 2 is 1.81 bits per heavy atom. The monoisotopic (exact) mass is 497 g/mol. The maximum absolute atomic E-state index is 12.9. The molecule has 8 heteroatoms. The number of amidine groups is 2. The zero-order chi connectivity index (χ0) is 25.6. The maximum Gasteiger partial charge on any atom is 0.283 e. The molecule has 1 N–H and O–H groups in total. The number of aromatic nitrogens is 1. The molecule has 182 valence electrons. The zero-order valence-electron chi connectivity index (χ0n) is 20.9. The Hall–Kier alpha value is -3.91. The van der Waals surface area contributed by atoms with Gasteiger partial charge in [-0.05, 0) is 87.3 Å². The number of ether oxygens (including phenoxy) is 1. The number of aliphatic imine (C=N–C) groups is 1. The molecule has 3 aromatic rings. The number of hydrazone groups is 1. The molecule has 2 aromatic carbocycles. The molecule has 3 heterocycles. The van der Waals surface area contributed by atoms with Crippen molar-refractivity contribution >= 4 is 39.8 Å². The zero-order valence-corrected chi connectivity index (χ0v) is 21.7. The summed E-state index contributed by atoms with van der Waals surface area (Å²) in [6.45, 7) is 10.5. The van der Waals surface area contributed by atoms with Crippen LogP contribution in [0.4, 0.5) is 0 Å². The Balaban J connectivity index is 1.42. The maximum atomic E-state index is 12.9. The lowest BCUT2D eigenvalue weighted by Gasteiger charge is -2.20. The third-order valence-electron chi connectivity index (χ3n) is 6.30. The molecule has 0 atom stereocenters. The molecule has 36 heavy (non-hydrogen) atoms. The molecule has 0 unspecified atom stereocenters. The number of para-hydroxylation sites is 1. The number of carbonyl (C=O) groups is 1. The van der Waals surface area contributed by atoms with E-state index in [9.17, 15) is 4.79 Å². The van der Waals surface area contributed by atoms with Gasteiger partial charge in [0.25, 0.3) is 5.91 Å². The summed E-state index contributed by atoms with van der Waals surface area (Å²) >= 11 is 1.25. The van der Waals surface area contributed by atoms with Crippen LogP contribution in [-0.2, 0) is 4.79 Å². The number of amides is 1. The molecule has 0 spiro atoms. The molecule has 0 aliphatic carbocycles. The summed E-state index contributed by atoms with van der Waals surface area (Å²) in [4.78, 5) is 17.1. The van der Waals surface area contributed by atoms with Crippen LogP contribution in [0.1, 0.15) is 33.6 Å². The van der Waals surface area contributed by atoms with Gasteiger partial charge in [0.2, 0.25) is 5.17 Å². The van der Waals surface area contributed by atoms with Crippen molar-refractivity contribution in [1.82, 2.24) is 9.58 Å². The number of fused-ring (bicyclic) bond motifs is 1. The van der Waals surface area contributed by atoms with E-state index in [2.05, 4.69) is 46.7 Å². The van der Waals surface area contributed by atoms with Crippen molar-refractivity contribution < 1.29 is 9.53 Å². The van der Waals surface area contributed by atoms with Gasteiger partial charge in [-0.2, -0.15) is 15.1 Å². The molecule has 1 aromatic heterocycles. The van der Waals surface area contributed by atoms with Crippen molar-refractivity contribution in [3.63, 3.8) is 0 Å². The summed E-state index contributed by atoms with van der Waals surface area (Å²) in [7, 11) is 0. The van der Waals surface area contributed by atoms with Crippen LogP contribution >= 0.6 is 11.8 Å². The molecule has 7 nitrogen and oxygen atoms in total. The quantitative estimate of drug-likeness (QED) is 0.457. The second-order valence-corrected chi connectivity index (χ2v) is 10.1. The second-order valence-electron chi connectivity index (χ2n) is 9.02. The average Bonchev–Trinajstić information content (AvgIpc) is 3.36. The van der Waals surface area contributed by atoms with Crippen LogP contribution < -0.4 is 4.74 Å². The Morgan fingerprint density at radius 1 is 1.03 bits per heavy atom. The van der Waals surface area contributed by atoms with E-state index in [1.807, 2.05) is 51.1 Å². The van der Waals surface area contributed by atoms with E-state index in [4.69, 9.17) is 10.1 Å². The topological polar surface area (TPSA) is 83.0 Å². The van der Waals surface area contributed by atoms with Gasteiger partial charge in [-0.1, -0.05) is 35.9 Å². The molecule has 0 fully saturated rings. The predicted octanol–water partition coefficient (Wildman–Crippen LogP) is 5.72. The highest BCUT2D eigenvalue weighted by Gasteiger charge is 2.36. The number of benzene rings is 2. The minimum Gasteiger partial charge on any atom is -0.486 e. The molecule has 2 aliphatic rings. The van der Waals surface area contributed by atoms with Crippen LogP contribution in [0.5, 0.6) is 5.75 Å². The van der Waals surface area contributed by atoms with E-state index < -0.39 is 5.91 Å². The highest BCUT2D eigenvalue weighted by atomic mass is 32.2. The Morgan fingerprint density at radius 3 is 2.56 bits per heavy atom. The number of hydrogen-bond acceptors (Lipinski definition) is 5. The van der Waals surface area contributed by atoms with Crippen molar-refractivity contribution in [3.8, 4) is 11.4 Å². The second kappa shape index (κ2) is 9.28. The number of hydrogen-bond donors (Lipinski definition) is 1. The van der Waals surface area contributed by atoms with Gasteiger partial charge in [-0.3, -0.25) is 10.2 Å². The molecule has 0 saturated heterocycles. The number of nitrogens with one attached hydrogen (secondary N) is 1. The minimum atomic E-state index is -0.439. The van der Waals surface area contributed by atoms with Gasteiger partial charge in [0.1, 0.15) is 17.4 Å². The average molecular weight is 498 g/mol. The fraction of sp³-hybridized carbons (Fsp3) is 0.214. The smallest absolute Gasteiger partial charge is 0.283 e. The summed E-state index contributed by atoms with van der Waals surface area (Å²) in [5.41, 5.74) is 7.65. The molecule has 0 saturated carbocycles. The van der Waals surface area contributed by atoms with Gasteiger partial charge in [0.05, 0.1) is 5.57 Å². The van der Waals surface area contributed by atoms with Gasteiger partial charge in [0.15, 0.2) is 5.84 Å². The lowest BCUT2D eigenvalue weighted by Crippen LogP contribution is -2.35. The molecule has 1 amide bonds. The van der Waals surface area contributed by atoms with E-state index in [0.717, 1.165) is 34.0 Å². The summed E-state index contributed by atoms with van der Waals surface area (Å²) in [5, 5.41) is 15.7. The predicted molar refractivity (Wildman–Crippen MR) is 146 cm³/mol. The molecular weight excluding hydrogens is 470 g/mol. The highest BCUT2D eigenvalue weighted by Crippen LogP contribution is 2.31. The van der Waals surface area contributed by atoms with Gasteiger partial charge >= 0.3 is 0 Å². The summed E-state index contributed by atoms with van der Waals surface area (Å²) in [6.07, 6.45) is 1.75. The molecule has 0 bridgehead atoms. The lowest BCUT2D eigenvalue weighted by atomic mass is 10.1. The van der Waals surface area contributed by atoms with Crippen LogP contribution in [0.15, 0.2) is 64.2 Å². The van der Waals surface area contributed by atoms with Gasteiger partial charge in [-0.15, -0.1) is 0 Å². The third-order valence-corrected chi connectivity index (χ3v) is 7.19. The van der Waals surface area contributed by atoms with Crippen molar-refractivity contribution in [1.29, 1.82) is 5.41 Å². The SMILES string of the molecule is Cc1ccc(-n2c(C)cc(/C=C3/C(=N)N4N=C(COc5ccccc5C)SC4=NC3=O)c2C)c(C)c1. The molecular formula is C28H27N5O2S. The van der Waals surface area contributed by atoms with Gasteiger partial charge in [-0.25, -0.2) is 0 Å². The number of carbonyl (C=O) groups excluding carboxylic acids is 1. The van der Waals surface area contributed by atoms with Crippen molar-refractivity contribution in [2.24, 2.45) is 10.1 Å². The molecule has 0 radical (unpaired) electrons. The van der Waals surface area contributed by atoms with Crippen LogP contribution in [0.2, 0.25) is 0 Å². The number of thioether (sulfide) groups is 1. The normalized spacial score (nSPS) is 16.4. The van der Waals surface area contributed by atoms with Crippen molar-refractivity contribution in [2.45, 2.75) is 34.6 Å². The van der Waals surface area contributed by atoms with Crippen LogP contribution in [0.25, 0.3) is 11.8 Å². The van der Waals surface area contributed by atoms with Crippen molar-refractivity contribution in [2.75, 3.05) is 6.61 Å². The first kappa shape index (κ1) is 23.8. The Kier molecular flexibility index (Phi) is 6.14.